The van der Waals surface area contributed by atoms with Gasteiger partial charge in [-0.25, -0.2) is 8.78 Å². The van der Waals surface area contributed by atoms with Crippen molar-refractivity contribution in [2.45, 2.75) is 82.4 Å². The lowest BCUT2D eigenvalue weighted by Gasteiger charge is -2.41. The summed E-state index contributed by atoms with van der Waals surface area (Å²) in [5.41, 5.74) is 4.43. The molecule has 2 atom stereocenters. The van der Waals surface area contributed by atoms with E-state index in [4.69, 9.17) is 0 Å². The standard InChI is InChI=1S/C28H36F2N4OS/c1-27(2,3)20-8-7-9-21(15-20)28(10-5-4-6-11-28)31-17-25(35)24(33-26-34-32-18-36-26)14-19-12-22(29)16-23(30)13-19/h7-9,12-13,15-16,18,24-25,31,35H,4-6,10-11,14,17H2,1-3H3,(H,33,34). The van der Waals surface area contributed by atoms with E-state index in [0.717, 1.165) is 31.7 Å². The van der Waals surface area contributed by atoms with Gasteiger partial charge < -0.3 is 15.7 Å². The van der Waals surface area contributed by atoms with Crippen molar-refractivity contribution in [3.8, 4) is 0 Å². The molecule has 194 valence electrons. The second-order valence-electron chi connectivity index (χ2n) is 10.9. The molecule has 1 fully saturated rings. The lowest BCUT2D eigenvalue weighted by atomic mass is 9.74. The van der Waals surface area contributed by atoms with Crippen molar-refractivity contribution >= 4 is 16.5 Å². The maximum absolute atomic E-state index is 13.8. The van der Waals surface area contributed by atoms with Crippen LogP contribution in [0.1, 0.15) is 69.6 Å². The van der Waals surface area contributed by atoms with E-state index in [2.05, 4.69) is 65.9 Å². The van der Waals surface area contributed by atoms with E-state index in [1.807, 2.05) is 0 Å². The summed E-state index contributed by atoms with van der Waals surface area (Å²) < 4.78 is 27.7. The smallest absolute Gasteiger partial charge is 0.205 e. The van der Waals surface area contributed by atoms with Crippen LogP contribution in [0.5, 0.6) is 0 Å². The summed E-state index contributed by atoms with van der Waals surface area (Å²) in [7, 11) is 0. The molecule has 0 radical (unpaired) electrons. The van der Waals surface area contributed by atoms with Crippen molar-refractivity contribution in [1.82, 2.24) is 15.5 Å². The van der Waals surface area contributed by atoms with Gasteiger partial charge in [0.05, 0.1) is 12.1 Å². The number of aliphatic hydroxyl groups is 1. The lowest BCUT2D eigenvalue weighted by molar-refractivity contribution is 0.122. The Morgan fingerprint density at radius 3 is 2.42 bits per heavy atom. The van der Waals surface area contributed by atoms with Gasteiger partial charge >= 0.3 is 0 Å². The highest BCUT2D eigenvalue weighted by molar-refractivity contribution is 7.13. The quantitative estimate of drug-likeness (QED) is 0.329. The first-order valence-electron chi connectivity index (χ1n) is 12.7. The van der Waals surface area contributed by atoms with Crippen LogP contribution in [-0.2, 0) is 17.4 Å². The normalized spacial score (nSPS) is 17.5. The Labute approximate surface area is 216 Å². The third kappa shape index (κ3) is 6.66. The fourth-order valence-corrected chi connectivity index (χ4v) is 5.62. The zero-order valence-corrected chi connectivity index (χ0v) is 22.0. The minimum absolute atomic E-state index is 0.0440. The molecule has 5 nitrogen and oxygen atoms in total. The average Bonchev–Trinajstić information content (AvgIpc) is 3.35. The number of hydrogen-bond acceptors (Lipinski definition) is 6. The highest BCUT2D eigenvalue weighted by Gasteiger charge is 2.35. The molecule has 1 saturated carbocycles. The predicted octanol–water partition coefficient (Wildman–Crippen LogP) is 5.95. The van der Waals surface area contributed by atoms with Gasteiger partial charge in [-0.1, -0.05) is 75.6 Å². The Kier molecular flexibility index (Phi) is 8.37. The van der Waals surface area contributed by atoms with Crippen LogP contribution in [0.3, 0.4) is 0 Å². The molecule has 3 N–H and O–H groups in total. The molecule has 0 amide bonds. The van der Waals surface area contributed by atoms with Gasteiger partial charge in [0.15, 0.2) is 0 Å². The SMILES string of the molecule is CC(C)(C)c1cccc(C2(NCC(O)C(Cc3cc(F)cc(F)c3)Nc3nncs3)CCCCC2)c1. The van der Waals surface area contributed by atoms with Crippen LogP contribution in [-0.4, -0.2) is 34.0 Å². The Balaban J connectivity index is 1.55. The van der Waals surface area contributed by atoms with E-state index in [-0.39, 0.29) is 17.4 Å². The van der Waals surface area contributed by atoms with E-state index >= 15 is 0 Å². The number of nitrogens with zero attached hydrogens (tertiary/aromatic N) is 2. The third-order valence-electron chi connectivity index (χ3n) is 7.15. The summed E-state index contributed by atoms with van der Waals surface area (Å²) in [5, 5.41) is 26.7. The minimum atomic E-state index is -0.829. The van der Waals surface area contributed by atoms with Gasteiger partial charge in [0, 0.05) is 18.2 Å². The summed E-state index contributed by atoms with van der Waals surface area (Å²) >= 11 is 1.32. The molecule has 2 aromatic carbocycles. The molecular formula is C28H36F2N4OS. The topological polar surface area (TPSA) is 70.1 Å². The van der Waals surface area contributed by atoms with E-state index in [1.54, 1.807) is 5.51 Å². The number of rotatable bonds is 9. The molecule has 1 aromatic heterocycles. The van der Waals surface area contributed by atoms with Crippen molar-refractivity contribution in [3.05, 3.63) is 76.3 Å². The Morgan fingerprint density at radius 1 is 1.06 bits per heavy atom. The second-order valence-corrected chi connectivity index (χ2v) is 11.7. The number of hydrogen-bond donors (Lipinski definition) is 3. The predicted molar refractivity (Wildman–Crippen MR) is 141 cm³/mol. The van der Waals surface area contributed by atoms with E-state index in [1.165, 1.54) is 41.0 Å². The van der Waals surface area contributed by atoms with Crippen LogP contribution >= 0.6 is 11.3 Å². The summed E-state index contributed by atoms with van der Waals surface area (Å²) in [6, 6.07) is 11.7. The fourth-order valence-electron chi connectivity index (χ4n) is 5.11. The second kappa shape index (κ2) is 11.3. The number of aromatic nitrogens is 2. The lowest BCUT2D eigenvalue weighted by Crippen LogP contribution is -2.50. The molecule has 4 rings (SSSR count). The minimum Gasteiger partial charge on any atom is -0.390 e. The fraction of sp³-hybridized carbons (Fsp3) is 0.500. The van der Waals surface area contributed by atoms with Crippen LogP contribution in [0.15, 0.2) is 48.0 Å². The molecule has 2 unspecified atom stereocenters. The highest BCUT2D eigenvalue weighted by Crippen LogP contribution is 2.38. The van der Waals surface area contributed by atoms with Gasteiger partial charge in [0.2, 0.25) is 5.13 Å². The number of halogens is 2. The summed E-state index contributed by atoms with van der Waals surface area (Å²) in [6.07, 6.45) is 4.86. The Hall–Kier alpha value is -2.42. The zero-order chi connectivity index (χ0) is 25.8. The van der Waals surface area contributed by atoms with Crippen LogP contribution in [0.2, 0.25) is 0 Å². The molecular weight excluding hydrogens is 478 g/mol. The van der Waals surface area contributed by atoms with Gasteiger partial charge in [0.1, 0.15) is 17.1 Å². The molecule has 0 bridgehead atoms. The first-order chi connectivity index (χ1) is 17.1. The molecule has 3 aromatic rings. The molecule has 1 aliphatic rings. The summed E-state index contributed by atoms with van der Waals surface area (Å²) in [6.45, 7) is 6.98. The highest BCUT2D eigenvalue weighted by atomic mass is 32.1. The largest absolute Gasteiger partial charge is 0.390 e. The molecule has 0 saturated heterocycles. The third-order valence-corrected chi connectivity index (χ3v) is 7.77. The van der Waals surface area contributed by atoms with Crippen LogP contribution in [0.25, 0.3) is 0 Å². The van der Waals surface area contributed by atoms with Gasteiger partial charge in [-0.05, 0) is 53.5 Å². The molecule has 36 heavy (non-hydrogen) atoms. The van der Waals surface area contributed by atoms with Crippen molar-refractivity contribution < 1.29 is 13.9 Å². The van der Waals surface area contributed by atoms with Crippen LogP contribution in [0.4, 0.5) is 13.9 Å². The number of anilines is 1. The van der Waals surface area contributed by atoms with Crippen molar-refractivity contribution in [3.63, 3.8) is 0 Å². The van der Waals surface area contributed by atoms with Crippen LogP contribution < -0.4 is 10.6 Å². The van der Waals surface area contributed by atoms with Crippen molar-refractivity contribution in [2.24, 2.45) is 0 Å². The van der Waals surface area contributed by atoms with E-state index < -0.39 is 23.8 Å². The van der Waals surface area contributed by atoms with Gasteiger partial charge in [0.25, 0.3) is 0 Å². The first kappa shape index (κ1) is 26.6. The molecule has 0 aliphatic heterocycles. The van der Waals surface area contributed by atoms with Crippen LogP contribution in [0, 0.1) is 11.6 Å². The zero-order valence-electron chi connectivity index (χ0n) is 21.2. The van der Waals surface area contributed by atoms with E-state index in [0.29, 0.717) is 17.2 Å². The number of benzene rings is 2. The van der Waals surface area contributed by atoms with E-state index in [9.17, 15) is 13.9 Å². The Bertz CT molecular complexity index is 1110. The maximum atomic E-state index is 13.8. The summed E-state index contributed by atoms with van der Waals surface area (Å²) in [5.74, 6) is -1.26. The van der Waals surface area contributed by atoms with Gasteiger partial charge in [-0.15, -0.1) is 10.2 Å². The monoisotopic (exact) mass is 514 g/mol. The van der Waals surface area contributed by atoms with Crippen molar-refractivity contribution in [1.29, 1.82) is 0 Å². The molecule has 1 aliphatic carbocycles. The van der Waals surface area contributed by atoms with Crippen molar-refractivity contribution in [2.75, 3.05) is 11.9 Å². The summed E-state index contributed by atoms with van der Waals surface area (Å²) in [4.78, 5) is 0. The molecule has 8 heteroatoms. The maximum Gasteiger partial charge on any atom is 0.205 e. The molecule has 0 spiro atoms. The number of aliphatic hydroxyl groups excluding tert-OH is 1. The van der Waals surface area contributed by atoms with Gasteiger partial charge in [-0.3, -0.25) is 0 Å². The Morgan fingerprint density at radius 2 is 1.78 bits per heavy atom. The molecule has 1 heterocycles. The van der Waals surface area contributed by atoms with Gasteiger partial charge in [-0.2, -0.15) is 0 Å². The number of nitrogens with one attached hydrogen (secondary N) is 2. The average molecular weight is 515 g/mol. The first-order valence-corrected chi connectivity index (χ1v) is 13.5.